The molecule has 4 nitrogen and oxygen atoms in total. The molecule has 1 saturated heterocycles. The van der Waals surface area contributed by atoms with E-state index in [1.165, 1.54) is 11.1 Å². The molecule has 4 heteroatoms. The van der Waals surface area contributed by atoms with Crippen molar-refractivity contribution in [1.82, 2.24) is 10.2 Å². The molecule has 0 radical (unpaired) electrons. The summed E-state index contributed by atoms with van der Waals surface area (Å²) in [5.41, 5.74) is 2.58. The Morgan fingerprint density at radius 2 is 2.20 bits per heavy atom. The van der Waals surface area contributed by atoms with E-state index in [1.54, 1.807) is 7.11 Å². The molecule has 1 aromatic rings. The third-order valence-electron chi connectivity index (χ3n) is 3.63. The second kappa shape index (κ2) is 8.25. The Kier molecular flexibility index (Phi) is 6.30. The number of nitrogens with zero attached hydrogens (tertiary/aromatic N) is 1. The van der Waals surface area contributed by atoms with E-state index in [4.69, 9.17) is 9.47 Å². The zero-order valence-corrected chi connectivity index (χ0v) is 12.7. The van der Waals surface area contributed by atoms with Crippen LogP contribution in [0.5, 0.6) is 5.75 Å². The van der Waals surface area contributed by atoms with Gasteiger partial charge in [-0.25, -0.2) is 0 Å². The zero-order chi connectivity index (χ0) is 14.2. The van der Waals surface area contributed by atoms with Crippen molar-refractivity contribution in [3.05, 3.63) is 29.3 Å². The summed E-state index contributed by atoms with van der Waals surface area (Å²) in [7, 11) is 1.74. The molecule has 1 fully saturated rings. The summed E-state index contributed by atoms with van der Waals surface area (Å²) >= 11 is 0. The first kappa shape index (κ1) is 15.3. The molecule has 0 aliphatic carbocycles. The number of rotatable bonds is 6. The topological polar surface area (TPSA) is 33.7 Å². The van der Waals surface area contributed by atoms with Crippen LogP contribution in [0.1, 0.15) is 24.5 Å². The normalized spacial score (nSPS) is 16.9. The predicted octanol–water partition coefficient (Wildman–Crippen LogP) is 2.03. The number of ether oxygens (including phenoxy) is 2. The fourth-order valence-electron chi connectivity index (χ4n) is 2.53. The van der Waals surface area contributed by atoms with Crippen LogP contribution < -0.4 is 10.1 Å². The first-order valence-electron chi connectivity index (χ1n) is 7.50. The fraction of sp³-hybridized carbons (Fsp3) is 0.625. The van der Waals surface area contributed by atoms with Gasteiger partial charge in [0.2, 0.25) is 0 Å². The molecule has 1 aromatic carbocycles. The van der Waals surface area contributed by atoms with Crippen molar-refractivity contribution in [3.8, 4) is 5.75 Å². The van der Waals surface area contributed by atoms with Gasteiger partial charge in [0.25, 0.3) is 0 Å². The quantitative estimate of drug-likeness (QED) is 0.863. The van der Waals surface area contributed by atoms with Gasteiger partial charge in [0.05, 0.1) is 13.7 Å². The van der Waals surface area contributed by atoms with Gasteiger partial charge in [-0.3, -0.25) is 4.90 Å². The number of nitrogens with one attached hydrogen (secondary N) is 1. The van der Waals surface area contributed by atoms with E-state index < -0.39 is 0 Å². The van der Waals surface area contributed by atoms with Crippen LogP contribution in [-0.2, 0) is 17.8 Å². The van der Waals surface area contributed by atoms with Gasteiger partial charge in [-0.05, 0) is 30.7 Å². The number of benzene rings is 1. The Hall–Kier alpha value is -1.10. The van der Waals surface area contributed by atoms with Crippen molar-refractivity contribution in [3.63, 3.8) is 0 Å². The number of methoxy groups -OCH3 is 1. The van der Waals surface area contributed by atoms with Crippen LogP contribution in [-0.4, -0.2) is 44.9 Å². The summed E-state index contributed by atoms with van der Waals surface area (Å²) in [4.78, 5) is 2.45. The number of hydrogen-bond donors (Lipinski definition) is 1. The van der Waals surface area contributed by atoms with E-state index in [-0.39, 0.29) is 0 Å². The Labute approximate surface area is 122 Å². The summed E-state index contributed by atoms with van der Waals surface area (Å²) in [5.74, 6) is 0.982. The fourth-order valence-corrected chi connectivity index (χ4v) is 2.53. The van der Waals surface area contributed by atoms with E-state index in [0.29, 0.717) is 0 Å². The lowest BCUT2D eigenvalue weighted by Crippen LogP contribution is -2.26. The molecule has 0 amide bonds. The van der Waals surface area contributed by atoms with Gasteiger partial charge in [0, 0.05) is 38.3 Å². The minimum Gasteiger partial charge on any atom is -0.496 e. The van der Waals surface area contributed by atoms with Gasteiger partial charge in [-0.15, -0.1) is 0 Å². The van der Waals surface area contributed by atoms with Crippen LogP contribution >= 0.6 is 0 Å². The summed E-state index contributed by atoms with van der Waals surface area (Å²) in [5, 5.41) is 3.37. The molecule has 0 spiro atoms. The molecule has 1 aliphatic rings. The lowest BCUT2D eigenvalue weighted by Gasteiger charge is -2.21. The average Bonchev–Trinajstić information content (AvgIpc) is 2.74. The second-order valence-corrected chi connectivity index (χ2v) is 5.17. The van der Waals surface area contributed by atoms with Gasteiger partial charge < -0.3 is 14.8 Å². The third kappa shape index (κ3) is 4.47. The minimum atomic E-state index is 0.833. The molecule has 0 saturated carbocycles. The van der Waals surface area contributed by atoms with Crippen LogP contribution in [0.3, 0.4) is 0 Å². The lowest BCUT2D eigenvalue weighted by molar-refractivity contribution is 0.140. The summed E-state index contributed by atoms with van der Waals surface area (Å²) in [6.45, 7) is 8.78. The molecule has 0 bridgehead atoms. The highest BCUT2D eigenvalue weighted by molar-refractivity contribution is 5.37. The Bertz CT molecular complexity index is 401. The number of hydrogen-bond acceptors (Lipinski definition) is 4. The van der Waals surface area contributed by atoms with E-state index >= 15 is 0 Å². The molecule has 0 atom stereocenters. The molecule has 0 aromatic heterocycles. The largest absolute Gasteiger partial charge is 0.496 e. The van der Waals surface area contributed by atoms with Crippen LogP contribution in [0.4, 0.5) is 0 Å². The third-order valence-corrected chi connectivity index (χ3v) is 3.63. The molecule has 1 N–H and O–H groups in total. The molecule has 1 aliphatic heterocycles. The van der Waals surface area contributed by atoms with Gasteiger partial charge in [0.1, 0.15) is 5.75 Å². The van der Waals surface area contributed by atoms with Gasteiger partial charge in [-0.1, -0.05) is 13.0 Å². The molecule has 2 rings (SSSR count). The summed E-state index contributed by atoms with van der Waals surface area (Å²) < 4.78 is 11.0. The van der Waals surface area contributed by atoms with Crippen molar-refractivity contribution in [2.75, 3.05) is 40.0 Å². The maximum absolute atomic E-state index is 5.51. The first-order valence-corrected chi connectivity index (χ1v) is 7.50. The van der Waals surface area contributed by atoms with E-state index in [1.807, 2.05) is 0 Å². The van der Waals surface area contributed by atoms with Crippen molar-refractivity contribution in [2.24, 2.45) is 0 Å². The zero-order valence-electron chi connectivity index (χ0n) is 12.7. The standard InChI is InChI=1S/C16H26N2O2/c1-3-17-12-14-5-6-16(19-2)15(11-14)13-18-7-4-9-20-10-8-18/h5-6,11,17H,3-4,7-10,12-13H2,1-2H3. The average molecular weight is 278 g/mol. The highest BCUT2D eigenvalue weighted by Gasteiger charge is 2.12. The van der Waals surface area contributed by atoms with Crippen LogP contribution in [0.15, 0.2) is 18.2 Å². The maximum Gasteiger partial charge on any atom is 0.123 e. The SMILES string of the molecule is CCNCc1ccc(OC)c(CN2CCCOCC2)c1. The van der Waals surface area contributed by atoms with Gasteiger partial charge >= 0.3 is 0 Å². The summed E-state index contributed by atoms with van der Waals surface area (Å²) in [6.07, 6.45) is 1.11. The van der Waals surface area contributed by atoms with Crippen molar-refractivity contribution >= 4 is 0 Å². The Balaban J connectivity index is 2.06. The molecular weight excluding hydrogens is 252 g/mol. The molecular formula is C16H26N2O2. The summed E-state index contributed by atoms with van der Waals surface area (Å²) in [6, 6.07) is 6.47. The predicted molar refractivity (Wildman–Crippen MR) is 81.1 cm³/mol. The Morgan fingerprint density at radius 3 is 3.00 bits per heavy atom. The maximum atomic E-state index is 5.51. The lowest BCUT2D eigenvalue weighted by atomic mass is 10.1. The Morgan fingerprint density at radius 1 is 1.30 bits per heavy atom. The monoisotopic (exact) mass is 278 g/mol. The smallest absolute Gasteiger partial charge is 0.123 e. The van der Waals surface area contributed by atoms with Crippen molar-refractivity contribution in [1.29, 1.82) is 0 Å². The first-order chi connectivity index (χ1) is 9.83. The van der Waals surface area contributed by atoms with Gasteiger partial charge in [-0.2, -0.15) is 0 Å². The molecule has 1 heterocycles. The van der Waals surface area contributed by atoms with Crippen LogP contribution in [0.25, 0.3) is 0 Å². The molecule has 112 valence electrons. The van der Waals surface area contributed by atoms with Gasteiger partial charge in [0.15, 0.2) is 0 Å². The van der Waals surface area contributed by atoms with Crippen LogP contribution in [0.2, 0.25) is 0 Å². The van der Waals surface area contributed by atoms with E-state index in [0.717, 1.165) is 58.1 Å². The van der Waals surface area contributed by atoms with Crippen LogP contribution in [0, 0.1) is 0 Å². The van der Waals surface area contributed by atoms with E-state index in [9.17, 15) is 0 Å². The minimum absolute atomic E-state index is 0.833. The van der Waals surface area contributed by atoms with Crippen molar-refractivity contribution in [2.45, 2.75) is 26.4 Å². The highest BCUT2D eigenvalue weighted by Crippen LogP contribution is 2.22. The highest BCUT2D eigenvalue weighted by atomic mass is 16.5. The second-order valence-electron chi connectivity index (χ2n) is 5.17. The van der Waals surface area contributed by atoms with E-state index in [2.05, 4.69) is 35.3 Å². The molecule has 20 heavy (non-hydrogen) atoms. The van der Waals surface area contributed by atoms with Crippen molar-refractivity contribution < 1.29 is 9.47 Å². The molecule has 0 unspecified atom stereocenters.